The third kappa shape index (κ3) is 3.14. The highest BCUT2D eigenvalue weighted by molar-refractivity contribution is 5.70. The highest BCUT2D eigenvalue weighted by Gasteiger charge is 2.18. The Morgan fingerprint density at radius 3 is 2.00 bits per heavy atom. The molecule has 3 aromatic rings. The van der Waals surface area contributed by atoms with E-state index < -0.39 is 0 Å². The lowest BCUT2D eigenvalue weighted by molar-refractivity contribution is 0.873. The van der Waals surface area contributed by atoms with Gasteiger partial charge in [-0.1, -0.05) is 93.6 Å². The minimum atomic E-state index is 0.396. The molecule has 0 nitrogen and oxygen atoms in total. The van der Waals surface area contributed by atoms with Gasteiger partial charge in [-0.05, 0) is 46.2 Å². The molecule has 0 fully saturated rings. The number of rotatable bonds is 5. The van der Waals surface area contributed by atoms with Gasteiger partial charge in [0.25, 0.3) is 0 Å². The first-order valence-electron chi connectivity index (χ1n) is 9.01. The fourth-order valence-electron chi connectivity index (χ4n) is 3.74. The van der Waals surface area contributed by atoms with Gasteiger partial charge in [0, 0.05) is 5.92 Å². The van der Waals surface area contributed by atoms with E-state index >= 15 is 0 Å². The van der Waals surface area contributed by atoms with Crippen LogP contribution in [-0.2, 0) is 12.8 Å². The molecule has 122 valence electrons. The zero-order chi connectivity index (χ0) is 16.9. The predicted molar refractivity (Wildman–Crippen MR) is 105 cm³/mol. The molecule has 0 N–H and O–H groups in total. The van der Waals surface area contributed by atoms with Crippen LogP contribution in [0.3, 0.4) is 0 Å². The molecule has 0 aromatic heterocycles. The van der Waals surface area contributed by atoms with Gasteiger partial charge >= 0.3 is 0 Å². The van der Waals surface area contributed by atoms with Crippen LogP contribution >= 0.6 is 0 Å². The lowest BCUT2D eigenvalue weighted by Gasteiger charge is -2.23. The largest absolute Gasteiger partial charge is 0.0622 e. The van der Waals surface area contributed by atoms with Crippen molar-refractivity contribution in [3.63, 3.8) is 0 Å². The van der Waals surface area contributed by atoms with Crippen LogP contribution in [0.2, 0.25) is 0 Å². The van der Waals surface area contributed by atoms with Gasteiger partial charge in [-0.15, -0.1) is 0 Å². The quantitative estimate of drug-likeness (QED) is 0.496. The first kappa shape index (κ1) is 16.5. The first-order chi connectivity index (χ1) is 11.8. The standard InChI is InChI=1S/C24H26/c1-4-19-12-9-10-16-22(19)18(3)24-20(5-2)15-11-17-23(24)21-13-7-6-8-14-21/h6-18H,4-5H2,1-3H3. The van der Waals surface area contributed by atoms with E-state index in [0.29, 0.717) is 5.92 Å². The van der Waals surface area contributed by atoms with Crippen LogP contribution in [0, 0.1) is 0 Å². The second kappa shape index (κ2) is 7.49. The minimum Gasteiger partial charge on any atom is -0.0622 e. The minimum absolute atomic E-state index is 0.396. The Hall–Kier alpha value is -2.34. The van der Waals surface area contributed by atoms with Crippen LogP contribution in [0.4, 0.5) is 0 Å². The van der Waals surface area contributed by atoms with Crippen molar-refractivity contribution in [3.05, 3.63) is 95.1 Å². The molecule has 0 aliphatic rings. The molecule has 0 spiro atoms. The molecule has 0 aliphatic heterocycles. The Morgan fingerprint density at radius 1 is 0.667 bits per heavy atom. The number of benzene rings is 3. The number of hydrogen-bond donors (Lipinski definition) is 0. The maximum atomic E-state index is 2.36. The second-order valence-electron chi connectivity index (χ2n) is 6.37. The van der Waals surface area contributed by atoms with Gasteiger partial charge in [-0.2, -0.15) is 0 Å². The second-order valence-corrected chi connectivity index (χ2v) is 6.37. The molecule has 0 bridgehead atoms. The molecule has 0 amide bonds. The summed E-state index contributed by atoms with van der Waals surface area (Å²) in [5.74, 6) is 0.396. The summed E-state index contributed by atoms with van der Waals surface area (Å²) in [6, 6.07) is 26.4. The Balaban J connectivity index is 2.19. The van der Waals surface area contributed by atoms with Gasteiger partial charge in [0.15, 0.2) is 0 Å². The predicted octanol–water partition coefficient (Wildman–Crippen LogP) is 6.63. The van der Waals surface area contributed by atoms with E-state index in [1.165, 1.54) is 33.4 Å². The van der Waals surface area contributed by atoms with Crippen LogP contribution in [0.5, 0.6) is 0 Å². The number of aryl methyl sites for hydroxylation is 2. The van der Waals surface area contributed by atoms with E-state index in [1.54, 1.807) is 0 Å². The SMILES string of the molecule is CCc1ccccc1C(C)c1c(CC)cccc1-c1ccccc1. The molecule has 1 unspecified atom stereocenters. The fourth-order valence-corrected chi connectivity index (χ4v) is 3.74. The molecule has 0 radical (unpaired) electrons. The van der Waals surface area contributed by atoms with Gasteiger partial charge in [-0.3, -0.25) is 0 Å². The lowest BCUT2D eigenvalue weighted by atomic mass is 9.81. The van der Waals surface area contributed by atoms with E-state index in [1.807, 2.05) is 0 Å². The Kier molecular flexibility index (Phi) is 5.15. The maximum absolute atomic E-state index is 2.36. The molecule has 3 aromatic carbocycles. The maximum Gasteiger partial charge on any atom is 0.00726 e. The van der Waals surface area contributed by atoms with E-state index in [2.05, 4.69) is 93.6 Å². The molecule has 0 heteroatoms. The highest BCUT2D eigenvalue weighted by Crippen LogP contribution is 2.37. The first-order valence-corrected chi connectivity index (χ1v) is 9.01. The average molecular weight is 314 g/mol. The molecular formula is C24H26. The normalized spacial score (nSPS) is 12.1. The molecule has 0 saturated carbocycles. The van der Waals surface area contributed by atoms with Gasteiger partial charge in [0.1, 0.15) is 0 Å². The summed E-state index contributed by atoms with van der Waals surface area (Å²) in [6.07, 6.45) is 2.14. The van der Waals surface area contributed by atoms with Gasteiger partial charge in [0.2, 0.25) is 0 Å². The van der Waals surface area contributed by atoms with Crippen LogP contribution < -0.4 is 0 Å². The summed E-state index contributed by atoms with van der Waals surface area (Å²) in [5.41, 5.74) is 8.52. The molecule has 0 saturated heterocycles. The van der Waals surface area contributed by atoms with Crippen LogP contribution in [0.1, 0.15) is 48.9 Å². The highest BCUT2D eigenvalue weighted by atomic mass is 14.2. The average Bonchev–Trinajstić information content (AvgIpc) is 2.67. The zero-order valence-corrected chi connectivity index (χ0v) is 14.9. The van der Waals surface area contributed by atoms with E-state index in [-0.39, 0.29) is 0 Å². The van der Waals surface area contributed by atoms with Crippen molar-refractivity contribution >= 4 is 0 Å². The smallest absolute Gasteiger partial charge is 0.00726 e. The molecule has 0 heterocycles. The summed E-state index contributed by atoms with van der Waals surface area (Å²) >= 11 is 0. The molecule has 3 rings (SSSR count). The van der Waals surface area contributed by atoms with Crippen molar-refractivity contribution in [1.29, 1.82) is 0 Å². The van der Waals surface area contributed by atoms with Crippen molar-refractivity contribution in [2.75, 3.05) is 0 Å². The van der Waals surface area contributed by atoms with E-state index in [4.69, 9.17) is 0 Å². The zero-order valence-electron chi connectivity index (χ0n) is 14.9. The van der Waals surface area contributed by atoms with Crippen molar-refractivity contribution in [2.24, 2.45) is 0 Å². The van der Waals surface area contributed by atoms with Crippen molar-refractivity contribution in [1.82, 2.24) is 0 Å². The van der Waals surface area contributed by atoms with Gasteiger partial charge in [-0.25, -0.2) is 0 Å². The summed E-state index contributed by atoms with van der Waals surface area (Å²) < 4.78 is 0. The fraction of sp³-hybridized carbons (Fsp3) is 0.250. The summed E-state index contributed by atoms with van der Waals surface area (Å²) in [5, 5.41) is 0. The van der Waals surface area contributed by atoms with Crippen LogP contribution in [0.25, 0.3) is 11.1 Å². The molecule has 24 heavy (non-hydrogen) atoms. The topological polar surface area (TPSA) is 0 Å². The molecular weight excluding hydrogens is 288 g/mol. The molecule has 0 aliphatic carbocycles. The van der Waals surface area contributed by atoms with Crippen molar-refractivity contribution < 1.29 is 0 Å². The van der Waals surface area contributed by atoms with Crippen molar-refractivity contribution in [2.45, 2.75) is 39.5 Å². The Labute approximate surface area is 146 Å². The van der Waals surface area contributed by atoms with E-state index in [9.17, 15) is 0 Å². The summed E-state index contributed by atoms with van der Waals surface area (Å²) in [4.78, 5) is 0. The van der Waals surface area contributed by atoms with Gasteiger partial charge in [0.05, 0.1) is 0 Å². The van der Waals surface area contributed by atoms with Crippen molar-refractivity contribution in [3.8, 4) is 11.1 Å². The monoisotopic (exact) mass is 314 g/mol. The lowest BCUT2D eigenvalue weighted by Crippen LogP contribution is -2.06. The summed E-state index contributed by atoms with van der Waals surface area (Å²) in [7, 11) is 0. The van der Waals surface area contributed by atoms with Crippen LogP contribution in [-0.4, -0.2) is 0 Å². The van der Waals surface area contributed by atoms with Crippen LogP contribution in [0.15, 0.2) is 72.8 Å². The molecule has 1 atom stereocenters. The third-order valence-corrected chi connectivity index (χ3v) is 5.00. The number of hydrogen-bond acceptors (Lipinski definition) is 0. The third-order valence-electron chi connectivity index (χ3n) is 5.00. The Morgan fingerprint density at radius 2 is 1.29 bits per heavy atom. The van der Waals surface area contributed by atoms with Gasteiger partial charge < -0.3 is 0 Å². The summed E-state index contributed by atoms with van der Waals surface area (Å²) in [6.45, 7) is 6.86. The van der Waals surface area contributed by atoms with E-state index in [0.717, 1.165) is 12.8 Å². The Bertz CT molecular complexity index is 799.